The van der Waals surface area contributed by atoms with Crippen molar-refractivity contribution >= 4 is 6.41 Å². The lowest BCUT2D eigenvalue weighted by atomic mass is 10.1. The molecule has 1 aliphatic rings. The van der Waals surface area contributed by atoms with Crippen LogP contribution in [-0.2, 0) is 4.79 Å². The van der Waals surface area contributed by atoms with Crippen LogP contribution < -0.4 is 5.32 Å². The summed E-state index contributed by atoms with van der Waals surface area (Å²) in [7, 11) is 0. The molecule has 66 valence electrons. The van der Waals surface area contributed by atoms with E-state index in [1.54, 1.807) is 0 Å². The van der Waals surface area contributed by atoms with E-state index in [1.165, 1.54) is 23.1 Å². The Bertz CT molecular complexity index is 234. The summed E-state index contributed by atoms with van der Waals surface area (Å²) in [6, 6.07) is 0. The van der Waals surface area contributed by atoms with Gasteiger partial charge in [0.25, 0.3) is 0 Å². The summed E-state index contributed by atoms with van der Waals surface area (Å²) in [5.41, 5.74) is 4.08. The predicted octanol–water partition coefficient (Wildman–Crippen LogP) is 2.14. The maximum Gasteiger partial charge on any atom is 0.211 e. The monoisotopic (exact) mass is 165 g/mol. The zero-order chi connectivity index (χ0) is 8.97. The standard InChI is InChI=1S/C10H15NO/c1-8(2)10-5-3-4-9(10)6-11-7-12/h6-7H,3-5H2,1-2H3,(H,11,12)/b9-6-. The highest BCUT2D eigenvalue weighted by Gasteiger charge is 2.13. The van der Waals surface area contributed by atoms with Crippen LogP contribution in [-0.4, -0.2) is 6.41 Å². The Hall–Kier alpha value is -1.05. The van der Waals surface area contributed by atoms with Crippen molar-refractivity contribution in [2.24, 2.45) is 0 Å². The minimum Gasteiger partial charge on any atom is -0.335 e. The molecule has 1 fully saturated rings. The number of carbonyl (C=O) groups excluding carboxylic acids is 1. The van der Waals surface area contributed by atoms with Gasteiger partial charge in [0.1, 0.15) is 0 Å². The van der Waals surface area contributed by atoms with Crippen molar-refractivity contribution in [3.05, 3.63) is 22.9 Å². The first-order valence-corrected chi connectivity index (χ1v) is 4.31. The topological polar surface area (TPSA) is 29.1 Å². The van der Waals surface area contributed by atoms with Crippen molar-refractivity contribution < 1.29 is 4.79 Å². The van der Waals surface area contributed by atoms with E-state index in [-0.39, 0.29) is 0 Å². The Labute approximate surface area is 73.4 Å². The third kappa shape index (κ3) is 1.97. The van der Waals surface area contributed by atoms with Gasteiger partial charge in [-0.3, -0.25) is 4.79 Å². The van der Waals surface area contributed by atoms with E-state index < -0.39 is 0 Å². The van der Waals surface area contributed by atoms with E-state index in [4.69, 9.17) is 0 Å². The molecule has 1 saturated carbocycles. The Balaban J connectivity index is 2.77. The smallest absolute Gasteiger partial charge is 0.211 e. The number of carbonyl (C=O) groups is 1. The van der Waals surface area contributed by atoms with Crippen molar-refractivity contribution in [1.82, 2.24) is 5.32 Å². The predicted molar refractivity (Wildman–Crippen MR) is 49.5 cm³/mol. The van der Waals surface area contributed by atoms with Gasteiger partial charge in [-0.1, -0.05) is 5.57 Å². The van der Waals surface area contributed by atoms with Crippen LogP contribution in [0.4, 0.5) is 0 Å². The number of allylic oxidation sites excluding steroid dienone is 3. The highest BCUT2D eigenvalue weighted by Crippen LogP contribution is 2.31. The molecule has 0 aromatic rings. The maximum absolute atomic E-state index is 10.1. The number of amides is 1. The third-order valence-corrected chi connectivity index (χ3v) is 2.19. The summed E-state index contributed by atoms with van der Waals surface area (Å²) < 4.78 is 0. The van der Waals surface area contributed by atoms with Gasteiger partial charge in [0.15, 0.2) is 0 Å². The molecular weight excluding hydrogens is 150 g/mol. The van der Waals surface area contributed by atoms with Crippen LogP contribution in [0.5, 0.6) is 0 Å². The highest BCUT2D eigenvalue weighted by atomic mass is 16.1. The number of hydrogen-bond donors (Lipinski definition) is 1. The molecule has 0 saturated heterocycles. The molecule has 1 amide bonds. The average molecular weight is 165 g/mol. The van der Waals surface area contributed by atoms with Gasteiger partial charge in [0, 0.05) is 6.20 Å². The van der Waals surface area contributed by atoms with Gasteiger partial charge >= 0.3 is 0 Å². The first-order valence-electron chi connectivity index (χ1n) is 4.31. The molecule has 12 heavy (non-hydrogen) atoms. The lowest BCUT2D eigenvalue weighted by molar-refractivity contribution is -0.108. The first-order chi connectivity index (χ1) is 5.75. The maximum atomic E-state index is 10.1. The lowest BCUT2D eigenvalue weighted by Crippen LogP contribution is -2.01. The summed E-state index contributed by atoms with van der Waals surface area (Å²) >= 11 is 0. The van der Waals surface area contributed by atoms with Crippen LogP contribution in [0.1, 0.15) is 33.1 Å². The largest absolute Gasteiger partial charge is 0.335 e. The highest BCUT2D eigenvalue weighted by molar-refractivity contribution is 5.50. The minimum atomic E-state index is 0.716. The van der Waals surface area contributed by atoms with Crippen LogP contribution in [0.15, 0.2) is 22.9 Å². The Kier molecular flexibility index (Phi) is 3.09. The molecule has 0 heterocycles. The molecule has 0 aromatic heterocycles. The summed E-state index contributed by atoms with van der Waals surface area (Å²) in [6.07, 6.45) is 6.01. The molecule has 0 bridgehead atoms. The van der Waals surface area contributed by atoms with Crippen molar-refractivity contribution in [3.63, 3.8) is 0 Å². The normalized spacial score (nSPS) is 19.8. The van der Waals surface area contributed by atoms with Gasteiger partial charge < -0.3 is 5.32 Å². The van der Waals surface area contributed by atoms with Crippen LogP contribution in [0.25, 0.3) is 0 Å². The fourth-order valence-corrected chi connectivity index (χ4v) is 1.63. The zero-order valence-electron chi connectivity index (χ0n) is 7.68. The number of nitrogens with one attached hydrogen (secondary N) is 1. The summed E-state index contributed by atoms with van der Waals surface area (Å²) in [5, 5.41) is 2.60. The van der Waals surface area contributed by atoms with Gasteiger partial charge in [-0.05, 0) is 44.3 Å². The average Bonchev–Trinajstić information content (AvgIpc) is 2.48. The zero-order valence-corrected chi connectivity index (χ0v) is 7.68. The Morgan fingerprint density at radius 2 is 2.17 bits per heavy atom. The van der Waals surface area contributed by atoms with Gasteiger partial charge in [0.2, 0.25) is 6.41 Å². The molecule has 0 spiro atoms. The second-order valence-corrected chi connectivity index (χ2v) is 3.29. The van der Waals surface area contributed by atoms with Crippen molar-refractivity contribution in [1.29, 1.82) is 0 Å². The van der Waals surface area contributed by atoms with Gasteiger partial charge in [-0.2, -0.15) is 0 Å². The fourth-order valence-electron chi connectivity index (χ4n) is 1.63. The summed E-state index contributed by atoms with van der Waals surface area (Å²) in [4.78, 5) is 10.1. The lowest BCUT2D eigenvalue weighted by Gasteiger charge is -2.02. The molecule has 2 heteroatoms. The second-order valence-electron chi connectivity index (χ2n) is 3.29. The van der Waals surface area contributed by atoms with Crippen LogP contribution in [0.2, 0.25) is 0 Å². The van der Waals surface area contributed by atoms with Crippen molar-refractivity contribution in [2.75, 3.05) is 0 Å². The van der Waals surface area contributed by atoms with E-state index in [2.05, 4.69) is 19.2 Å². The van der Waals surface area contributed by atoms with Gasteiger partial charge in [-0.15, -0.1) is 0 Å². The molecule has 1 rings (SSSR count). The van der Waals surface area contributed by atoms with E-state index in [1.807, 2.05) is 6.20 Å². The third-order valence-electron chi connectivity index (χ3n) is 2.19. The fraction of sp³-hybridized carbons (Fsp3) is 0.500. The van der Waals surface area contributed by atoms with E-state index in [0.29, 0.717) is 6.41 Å². The van der Waals surface area contributed by atoms with Crippen molar-refractivity contribution in [3.8, 4) is 0 Å². The molecule has 2 nitrogen and oxygen atoms in total. The first kappa shape index (κ1) is 9.04. The molecule has 0 atom stereocenters. The molecule has 1 aliphatic carbocycles. The summed E-state index contributed by atoms with van der Waals surface area (Å²) in [5.74, 6) is 0. The minimum absolute atomic E-state index is 0.716. The molecule has 1 N–H and O–H groups in total. The second kappa shape index (κ2) is 4.10. The molecule has 0 radical (unpaired) electrons. The summed E-state index contributed by atoms with van der Waals surface area (Å²) in [6.45, 7) is 4.24. The van der Waals surface area contributed by atoms with E-state index >= 15 is 0 Å². The molecular formula is C10H15NO. The molecule has 0 unspecified atom stereocenters. The van der Waals surface area contributed by atoms with E-state index in [9.17, 15) is 4.79 Å². The Morgan fingerprint density at radius 3 is 2.75 bits per heavy atom. The molecule has 0 aliphatic heterocycles. The Morgan fingerprint density at radius 1 is 1.42 bits per heavy atom. The number of hydrogen-bond acceptors (Lipinski definition) is 1. The van der Waals surface area contributed by atoms with Crippen LogP contribution in [0, 0.1) is 0 Å². The SMILES string of the molecule is CC(C)=C1CCC/C1=C/NC=O. The van der Waals surface area contributed by atoms with Crippen LogP contribution in [0.3, 0.4) is 0 Å². The number of rotatable bonds is 2. The van der Waals surface area contributed by atoms with Gasteiger partial charge in [0.05, 0.1) is 0 Å². The molecule has 0 aromatic carbocycles. The van der Waals surface area contributed by atoms with E-state index in [0.717, 1.165) is 12.8 Å². The van der Waals surface area contributed by atoms with Gasteiger partial charge in [-0.25, -0.2) is 0 Å². The quantitative estimate of drug-likeness (QED) is 0.624. The van der Waals surface area contributed by atoms with Crippen LogP contribution >= 0.6 is 0 Å². The van der Waals surface area contributed by atoms with Crippen molar-refractivity contribution in [2.45, 2.75) is 33.1 Å².